The summed E-state index contributed by atoms with van der Waals surface area (Å²) in [5.41, 5.74) is 0. The van der Waals surface area contributed by atoms with Crippen molar-refractivity contribution in [1.29, 1.82) is 0 Å². The largest absolute Gasteiger partial charge is 0.494 e. The first-order chi connectivity index (χ1) is 8.96. The van der Waals surface area contributed by atoms with Gasteiger partial charge in [-0.05, 0) is 24.3 Å². The molecule has 1 N–H and O–H groups in total. The van der Waals surface area contributed by atoms with Gasteiger partial charge >= 0.3 is 5.97 Å². The van der Waals surface area contributed by atoms with Crippen molar-refractivity contribution in [2.24, 2.45) is 5.92 Å². The van der Waals surface area contributed by atoms with Crippen LogP contribution in [-0.2, 0) is 14.8 Å². The minimum Gasteiger partial charge on any atom is -0.494 e. The molecule has 0 aliphatic carbocycles. The summed E-state index contributed by atoms with van der Waals surface area (Å²) in [5.74, 6) is -0.965. The zero-order chi connectivity index (χ0) is 14.0. The molecule has 0 aromatic carbocycles. The Balaban J connectivity index is 2.16. The second kappa shape index (κ2) is 5.48. The fourth-order valence-corrected chi connectivity index (χ4v) is 4.97. The first kappa shape index (κ1) is 14.3. The highest BCUT2D eigenvalue weighted by Crippen LogP contribution is 2.33. The third-order valence-corrected chi connectivity index (χ3v) is 6.52. The van der Waals surface area contributed by atoms with Crippen LogP contribution in [0, 0.1) is 5.92 Å². The van der Waals surface area contributed by atoms with Crippen molar-refractivity contribution in [3.8, 4) is 5.75 Å². The summed E-state index contributed by atoms with van der Waals surface area (Å²) in [6, 6.07) is 1.61. The fourth-order valence-electron chi connectivity index (χ4n) is 2.08. The SMILES string of the molecule is COc1ccsc1S(=O)(=O)N1CCC(C(=O)O)CC1. The number of hydrogen-bond acceptors (Lipinski definition) is 5. The van der Waals surface area contributed by atoms with Gasteiger partial charge in [-0.3, -0.25) is 4.79 Å². The van der Waals surface area contributed by atoms with Crippen molar-refractivity contribution in [2.45, 2.75) is 17.1 Å². The van der Waals surface area contributed by atoms with Gasteiger partial charge in [-0.25, -0.2) is 8.42 Å². The highest BCUT2D eigenvalue weighted by Gasteiger charge is 2.34. The van der Waals surface area contributed by atoms with E-state index in [1.54, 1.807) is 11.4 Å². The maximum atomic E-state index is 12.4. The molecule has 0 saturated carbocycles. The summed E-state index contributed by atoms with van der Waals surface area (Å²) in [7, 11) is -2.15. The van der Waals surface area contributed by atoms with Crippen LogP contribution < -0.4 is 4.74 Å². The predicted molar refractivity (Wildman–Crippen MR) is 70.0 cm³/mol. The number of methoxy groups -OCH3 is 1. The minimum absolute atomic E-state index is 0.184. The van der Waals surface area contributed by atoms with Crippen LogP contribution in [0.1, 0.15) is 12.8 Å². The number of hydrogen-bond donors (Lipinski definition) is 1. The molecular formula is C11H15NO5S2. The highest BCUT2D eigenvalue weighted by molar-refractivity contribution is 7.91. The van der Waals surface area contributed by atoms with E-state index in [2.05, 4.69) is 0 Å². The summed E-state index contributed by atoms with van der Waals surface area (Å²) in [5, 5.41) is 10.6. The molecule has 2 rings (SSSR count). The van der Waals surface area contributed by atoms with Crippen molar-refractivity contribution < 1.29 is 23.1 Å². The maximum absolute atomic E-state index is 12.4. The van der Waals surface area contributed by atoms with Gasteiger partial charge in [0.25, 0.3) is 10.0 Å². The van der Waals surface area contributed by atoms with Crippen LogP contribution in [0.3, 0.4) is 0 Å². The van der Waals surface area contributed by atoms with Crippen molar-refractivity contribution in [3.05, 3.63) is 11.4 Å². The van der Waals surface area contributed by atoms with E-state index in [1.165, 1.54) is 11.4 Å². The second-order valence-corrected chi connectivity index (χ2v) is 7.34. The molecule has 0 atom stereocenters. The lowest BCUT2D eigenvalue weighted by Crippen LogP contribution is -2.40. The molecule has 1 aromatic rings. The highest BCUT2D eigenvalue weighted by atomic mass is 32.2. The Hall–Kier alpha value is -1.12. The van der Waals surface area contributed by atoms with Gasteiger partial charge in [0, 0.05) is 13.1 Å². The van der Waals surface area contributed by atoms with Crippen molar-refractivity contribution in [2.75, 3.05) is 20.2 Å². The van der Waals surface area contributed by atoms with Crippen LogP contribution >= 0.6 is 11.3 Å². The normalized spacial score (nSPS) is 18.4. The van der Waals surface area contributed by atoms with Crippen LogP contribution in [0.5, 0.6) is 5.75 Å². The monoisotopic (exact) mass is 305 g/mol. The first-order valence-electron chi connectivity index (χ1n) is 5.81. The number of piperidine rings is 1. The Labute approximate surface area is 115 Å². The predicted octanol–water partition coefficient (Wildman–Crippen LogP) is 1.24. The smallest absolute Gasteiger partial charge is 0.306 e. The van der Waals surface area contributed by atoms with Gasteiger partial charge < -0.3 is 9.84 Å². The molecule has 6 nitrogen and oxygen atoms in total. The second-order valence-electron chi connectivity index (χ2n) is 4.29. The third kappa shape index (κ3) is 2.75. The van der Waals surface area contributed by atoms with E-state index in [0.717, 1.165) is 11.3 Å². The zero-order valence-electron chi connectivity index (χ0n) is 10.4. The van der Waals surface area contributed by atoms with Crippen LogP contribution in [-0.4, -0.2) is 44.0 Å². The lowest BCUT2D eigenvalue weighted by Gasteiger charge is -2.28. The molecule has 0 spiro atoms. The number of aliphatic carboxylic acids is 1. The molecule has 1 aliphatic rings. The number of carbonyl (C=O) groups is 1. The fraction of sp³-hybridized carbons (Fsp3) is 0.545. The average Bonchev–Trinajstić information content (AvgIpc) is 2.87. The lowest BCUT2D eigenvalue weighted by atomic mass is 9.99. The number of sulfonamides is 1. The molecule has 1 fully saturated rings. The molecule has 0 bridgehead atoms. The van der Waals surface area contributed by atoms with Gasteiger partial charge in [0.05, 0.1) is 13.0 Å². The molecule has 0 unspecified atom stereocenters. The molecule has 0 radical (unpaired) electrons. The maximum Gasteiger partial charge on any atom is 0.306 e. The summed E-state index contributed by atoms with van der Waals surface area (Å²) >= 11 is 1.11. The van der Waals surface area contributed by atoms with Crippen LogP contribution in [0.2, 0.25) is 0 Å². The molecule has 1 aliphatic heterocycles. The number of ether oxygens (including phenoxy) is 1. The Bertz CT molecular complexity index is 557. The van der Waals surface area contributed by atoms with Crippen LogP contribution in [0.25, 0.3) is 0 Å². The van der Waals surface area contributed by atoms with Gasteiger partial charge in [-0.2, -0.15) is 4.31 Å². The Morgan fingerprint density at radius 2 is 2.11 bits per heavy atom. The number of carboxylic acids is 1. The van der Waals surface area contributed by atoms with E-state index in [0.29, 0.717) is 18.6 Å². The number of nitrogens with zero attached hydrogens (tertiary/aromatic N) is 1. The summed E-state index contributed by atoms with van der Waals surface area (Å²) in [6.07, 6.45) is 0.699. The standard InChI is InChI=1S/C11H15NO5S2/c1-17-9-4-7-18-11(9)19(15,16)12-5-2-8(3-6-12)10(13)14/h4,7-8H,2-3,5-6H2,1H3,(H,13,14). The molecule has 19 heavy (non-hydrogen) atoms. The van der Waals surface area contributed by atoms with Crippen LogP contribution in [0.4, 0.5) is 0 Å². The van der Waals surface area contributed by atoms with Gasteiger partial charge in [-0.1, -0.05) is 0 Å². The Morgan fingerprint density at radius 3 is 2.63 bits per heavy atom. The third-order valence-electron chi connectivity index (χ3n) is 3.19. The van der Waals surface area contributed by atoms with E-state index in [1.807, 2.05) is 0 Å². The number of carboxylic acid groups (broad SMARTS) is 1. The molecule has 1 saturated heterocycles. The van der Waals surface area contributed by atoms with E-state index in [4.69, 9.17) is 9.84 Å². The first-order valence-corrected chi connectivity index (χ1v) is 8.13. The Morgan fingerprint density at radius 1 is 1.47 bits per heavy atom. The van der Waals surface area contributed by atoms with E-state index >= 15 is 0 Å². The van der Waals surface area contributed by atoms with Crippen molar-refractivity contribution in [1.82, 2.24) is 4.31 Å². The van der Waals surface area contributed by atoms with Gasteiger partial charge in [0.1, 0.15) is 5.75 Å². The quantitative estimate of drug-likeness (QED) is 0.905. The molecule has 2 heterocycles. The molecule has 1 aromatic heterocycles. The average molecular weight is 305 g/mol. The summed E-state index contributed by atoms with van der Waals surface area (Å²) in [4.78, 5) is 10.9. The minimum atomic E-state index is -3.58. The van der Waals surface area contributed by atoms with E-state index in [9.17, 15) is 13.2 Å². The molecule has 0 amide bonds. The van der Waals surface area contributed by atoms with E-state index < -0.39 is 21.9 Å². The van der Waals surface area contributed by atoms with Crippen LogP contribution in [0.15, 0.2) is 15.7 Å². The zero-order valence-corrected chi connectivity index (χ0v) is 12.0. The topological polar surface area (TPSA) is 83.9 Å². The van der Waals surface area contributed by atoms with Gasteiger partial charge in [0.2, 0.25) is 0 Å². The molecular weight excluding hydrogens is 290 g/mol. The summed E-state index contributed by atoms with van der Waals surface area (Å²) in [6.45, 7) is 0.473. The van der Waals surface area contributed by atoms with Gasteiger partial charge in [-0.15, -0.1) is 11.3 Å². The summed E-state index contributed by atoms with van der Waals surface area (Å²) < 4.78 is 31.4. The van der Waals surface area contributed by atoms with Crippen molar-refractivity contribution in [3.63, 3.8) is 0 Å². The van der Waals surface area contributed by atoms with Crippen molar-refractivity contribution >= 4 is 27.3 Å². The van der Waals surface area contributed by atoms with Gasteiger partial charge in [0.15, 0.2) is 4.21 Å². The molecule has 106 valence electrons. The Kier molecular flexibility index (Phi) is 4.12. The number of rotatable bonds is 4. The number of thiophene rings is 1. The lowest BCUT2D eigenvalue weighted by molar-refractivity contribution is -0.142. The van der Waals surface area contributed by atoms with E-state index in [-0.39, 0.29) is 17.3 Å². The molecule has 8 heteroatoms.